The summed E-state index contributed by atoms with van der Waals surface area (Å²) in [5.74, 6) is -0.127. The SMILES string of the molecule is CC1(C)C(=O)CCc2c(F)ccc(Cl)c21. The molecule has 0 saturated carbocycles. The van der Waals surface area contributed by atoms with Crippen LogP contribution in [0, 0.1) is 5.82 Å². The maximum absolute atomic E-state index is 13.6. The topological polar surface area (TPSA) is 17.1 Å². The number of hydrogen-bond donors (Lipinski definition) is 0. The highest BCUT2D eigenvalue weighted by molar-refractivity contribution is 6.32. The minimum Gasteiger partial charge on any atom is -0.299 e. The van der Waals surface area contributed by atoms with Gasteiger partial charge in [0.15, 0.2) is 0 Å². The second-order valence-corrected chi connectivity index (χ2v) is 4.84. The van der Waals surface area contributed by atoms with Crippen molar-refractivity contribution in [1.29, 1.82) is 0 Å². The van der Waals surface area contributed by atoms with Gasteiger partial charge in [-0.25, -0.2) is 4.39 Å². The number of halogens is 2. The highest BCUT2D eigenvalue weighted by Crippen LogP contribution is 2.39. The summed E-state index contributed by atoms with van der Waals surface area (Å²) < 4.78 is 13.6. The van der Waals surface area contributed by atoms with E-state index in [2.05, 4.69) is 0 Å². The molecule has 1 aromatic rings. The molecule has 0 amide bonds. The molecule has 1 aliphatic rings. The smallest absolute Gasteiger partial charge is 0.143 e. The van der Waals surface area contributed by atoms with Crippen LogP contribution in [-0.2, 0) is 16.6 Å². The third kappa shape index (κ3) is 1.48. The number of hydrogen-bond acceptors (Lipinski definition) is 1. The van der Waals surface area contributed by atoms with Crippen LogP contribution >= 0.6 is 11.6 Å². The molecule has 3 heteroatoms. The largest absolute Gasteiger partial charge is 0.299 e. The molecule has 0 radical (unpaired) electrons. The summed E-state index contributed by atoms with van der Waals surface area (Å²) in [7, 11) is 0. The van der Waals surface area contributed by atoms with Gasteiger partial charge >= 0.3 is 0 Å². The minimum atomic E-state index is -0.660. The molecule has 0 fully saturated rings. The van der Waals surface area contributed by atoms with Crippen LogP contribution in [0.3, 0.4) is 0 Å². The Morgan fingerprint density at radius 3 is 2.67 bits per heavy atom. The predicted octanol–water partition coefficient (Wildman–Crippen LogP) is 3.27. The lowest BCUT2D eigenvalue weighted by Crippen LogP contribution is -2.35. The van der Waals surface area contributed by atoms with Gasteiger partial charge in [0.2, 0.25) is 0 Å². The molecule has 0 atom stereocenters. The monoisotopic (exact) mass is 226 g/mol. The number of Topliss-reactive ketones (excluding diaryl/α,β-unsaturated/α-hetero) is 1. The highest BCUT2D eigenvalue weighted by atomic mass is 35.5. The van der Waals surface area contributed by atoms with Crippen LogP contribution in [0.1, 0.15) is 31.4 Å². The van der Waals surface area contributed by atoms with E-state index in [1.54, 1.807) is 13.8 Å². The number of carbonyl (C=O) groups is 1. The first-order valence-corrected chi connectivity index (χ1v) is 5.33. The molecular formula is C12H12ClFO. The first kappa shape index (κ1) is 10.6. The van der Waals surface area contributed by atoms with E-state index in [0.717, 1.165) is 0 Å². The minimum absolute atomic E-state index is 0.127. The number of rotatable bonds is 0. The second kappa shape index (κ2) is 3.31. The first-order chi connectivity index (χ1) is 6.94. The lowest BCUT2D eigenvalue weighted by atomic mass is 9.71. The molecule has 0 aromatic heterocycles. The van der Waals surface area contributed by atoms with Crippen LogP contribution in [0.5, 0.6) is 0 Å². The molecule has 1 aliphatic carbocycles. The Morgan fingerprint density at radius 1 is 1.33 bits per heavy atom. The molecular weight excluding hydrogens is 215 g/mol. The molecule has 1 aromatic carbocycles. The van der Waals surface area contributed by atoms with Gasteiger partial charge in [-0.1, -0.05) is 11.6 Å². The predicted molar refractivity (Wildman–Crippen MR) is 57.8 cm³/mol. The van der Waals surface area contributed by atoms with Crippen molar-refractivity contribution in [2.24, 2.45) is 0 Å². The summed E-state index contributed by atoms with van der Waals surface area (Å²) in [6, 6.07) is 2.89. The van der Waals surface area contributed by atoms with E-state index in [1.165, 1.54) is 12.1 Å². The van der Waals surface area contributed by atoms with Crippen molar-refractivity contribution in [3.63, 3.8) is 0 Å². The van der Waals surface area contributed by atoms with E-state index in [-0.39, 0.29) is 11.6 Å². The lowest BCUT2D eigenvalue weighted by molar-refractivity contribution is -0.124. The number of benzene rings is 1. The fourth-order valence-corrected chi connectivity index (χ4v) is 2.62. The number of ketones is 1. The Morgan fingerprint density at radius 2 is 2.00 bits per heavy atom. The second-order valence-electron chi connectivity index (χ2n) is 4.43. The molecule has 0 unspecified atom stereocenters. The standard InChI is InChI=1S/C12H12ClFO/c1-12(2)10(15)6-3-7-9(14)5-4-8(13)11(7)12/h4-5H,3,6H2,1-2H3. The third-order valence-electron chi connectivity index (χ3n) is 3.13. The Labute approximate surface area is 93.2 Å². The highest BCUT2D eigenvalue weighted by Gasteiger charge is 2.37. The van der Waals surface area contributed by atoms with Gasteiger partial charge in [0.1, 0.15) is 11.6 Å². The summed E-state index contributed by atoms with van der Waals surface area (Å²) in [6.07, 6.45) is 0.862. The lowest BCUT2D eigenvalue weighted by Gasteiger charge is -2.32. The van der Waals surface area contributed by atoms with Crippen LogP contribution in [0.15, 0.2) is 12.1 Å². The Kier molecular flexibility index (Phi) is 2.34. The molecule has 80 valence electrons. The molecule has 1 nitrogen and oxygen atoms in total. The number of carbonyl (C=O) groups excluding carboxylic acids is 1. The van der Waals surface area contributed by atoms with Crippen LogP contribution in [0.2, 0.25) is 5.02 Å². The van der Waals surface area contributed by atoms with Gasteiger partial charge in [0, 0.05) is 11.4 Å². The van der Waals surface area contributed by atoms with Crippen LogP contribution in [0.4, 0.5) is 4.39 Å². The van der Waals surface area contributed by atoms with Gasteiger partial charge in [0.25, 0.3) is 0 Å². The molecule has 15 heavy (non-hydrogen) atoms. The van der Waals surface area contributed by atoms with E-state index >= 15 is 0 Å². The molecule has 0 saturated heterocycles. The first-order valence-electron chi connectivity index (χ1n) is 4.95. The maximum atomic E-state index is 13.6. The van der Waals surface area contributed by atoms with Gasteiger partial charge in [0.05, 0.1) is 5.41 Å². The Balaban J connectivity index is 2.73. The van der Waals surface area contributed by atoms with Crippen molar-refractivity contribution < 1.29 is 9.18 Å². The van der Waals surface area contributed by atoms with Gasteiger partial charge in [-0.2, -0.15) is 0 Å². The van der Waals surface area contributed by atoms with Crippen molar-refractivity contribution in [3.8, 4) is 0 Å². The molecule has 0 spiro atoms. The summed E-state index contributed by atoms with van der Waals surface area (Å²) in [6.45, 7) is 3.61. The van der Waals surface area contributed by atoms with E-state index in [1.807, 2.05) is 0 Å². The van der Waals surface area contributed by atoms with Crippen LogP contribution < -0.4 is 0 Å². The Bertz CT molecular complexity index is 437. The average Bonchev–Trinajstić information content (AvgIpc) is 2.16. The van der Waals surface area contributed by atoms with E-state index in [0.29, 0.717) is 29.0 Å². The van der Waals surface area contributed by atoms with Crippen molar-refractivity contribution in [1.82, 2.24) is 0 Å². The van der Waals surface area contributed by atoms with Crippen molar-refractivity contribution in [2.45, 2.75) is 32.1 Å². The zero-order valence-electron chi connectivity index (χ0n) is 8.73. The zero-order valence-corrected chi connectivity index (χ0v) is 9.49. The Hall–Kier alpha value is -0.890. The van der Waals surface area contributed by atoms with E-state index in [9.17, 15) is 9.18 Å². The van der Waals surface area contributed by atoms with Gasteiger partial charge < -0.3 is 0 Å². The fraction of sp³-hybridized carbons (Fsp3) is 0.417. The average molecular weight is 227 g/mol. The summed E-state index contributed by atoms with van der Waals surface area (Å²) in [5, 5.41) is 0.490. The van der Waals surface area contributed by atoms with Crippen LogP contribution in [-0.4, -0.2) is 5.78 Å². The van der Waals surface area contributed by atoms with E-state index in [4.69, 9.17) is 11.6 Å². The molecule has 0 N–H and O–H groups in total. The van der Waals surface area contributed by atoms with Crippen LogP contribution in [0.25, 0.3) is 0 Å². The zero-order chi connectivity index (χ0) is 11.2. The normalized spacial score (nSPS) is 18.8. The van der Waals surface area contributed by atoms with E-state index < -0.39 is 5.41 Å². The van der Waals surface area contributed by atoms with Crippen molar-refractivity contribution >= 4 is 17.4 Å². The molecule has 0 aliphatic heterocycles. The van der Waals surface area contributed by atoms with Gasteiger partial charge in [-0.3, -0.25) is 4.79 Å². The van der Waals surface area contributed by atoms with Gasteiger partial charge in [-0.05, 0) is 43.5 Å². The number of fused-ring (bicyclic) bond motifs is 1. The molecule has 0 bridgehead atoms. The summed E-state index contributed by atoms with van der Waals surface area (Å²) in [4.78, 5) is 11.8. The quantitative estimate of drug-likeness (QED) is 0.664. The summed E-state index contributed by atoms with van der Waals surface area (Å²) >= 11 is 6.05. The molecule has 2 rings (SSSR count). The third-order valence-corrected chi connectivity index (χ3v) is 3.44. The summed E-state index contributed by atoms with van der Waals surface area (Å²) in [5.41, 5.74) is 0.611. The maximum Gasteiger partial charge on any atom is 0.143 e. The van der Waals surface area contributed by atoms with Gasteiger partial charge in [-0.15, -0.1) is 0 Å². The fourth-order valence-electron chi connectivity index (χ4n) is 2.20. The van der Waals surface area contributed by atoms with Crippen molar-refractivity contribution in [2.75, 3.05) is 0 Å². The molecule has 0 heterocycles. The van der Waals surface area contributed by atoms with Crippen molar-refractivity contribution in [3.05, 3.63) is 34.1 Å².